The average molecular weight is 427 g/mol. The van der Waals surface area contributed by atoms with Gasteiger partial charge in [0.1, 0.15) is 0 Å². The summed E-state index contributed by atoms with van der Waals surface area (Å²) in [6, 6.07) is 12.4. The summed E-state index contributed by atoms with van der Waals surface area (Å²) in [5.41, 5.74) is 2.23. The number of carbonyl (C=O) groups excluding carboxylic acids is 1. The third-order valence-electron chi connectivity index (χ3n) is 5.02. The second-order valence-electron chi connectivity index (χ2n) is 7.39. The van der Waals surface area contributed by atoms with Crippen molar-refractivity contribution in [2.75, 3.05) is 26.2 Å². The average Bonchev–Trinajstić information content (AvgIpc) is 3.41. The molecule has 0 radical (unpaired) electrons. The van der Waals surface area contributed by atoms with E-state index in [1.807, 2.05) is 22.9 Å². The number of hydrogen-bond donors (Lipinski definition) is 1. The molecule has 0 spiro atoms. The number of nitrogens with zero attached hydrogens (tertiary/aromatic N) is 3. The molecule has 0 bridgehead atoms. The number of aromatic nitrogens is 2. The van der Waals surface area contributed by atoms with Crippen LogP contribution in [0.3, 0.4) is 0 Å². The van der Waals surface area contributed by atoms with Crippen molar-refractivity contribution < 1.29 is 14.1 Å². The zero-order chi connectivity index (χ0) is 20.6. The van der Waals surface area contributed by atoms with Crippen LogP contribution in [-0.2, 0) is 22.5 Å². The number of carbonyl (C=O) groups is 1. The van der Waals surface area contributed by atoms with Crippen LogP contribution in [-0.4, -0.2) is 53.3 Å². The summed E-state index contributed by atoms with van der Waals surface area (Å²) >= 11 is 1.58. The van der Waals surface area contributed by atoms with Gasteiger partial charge in [-0.05, 0) is 23.4 Å². The van der Waals surface area contributed by atoms with Gasteiger partial charge in [-0.3, -0.25) is 9.69 Å². The number of rotatable bonds is 8. The number of hydrogen-bond acceptors (Lipinski definition) is 7. The minimum Gasteiger partial charge on any atom is -0.375 e. The molecule has 1 atom stereocenters. The molecule has 1 aromatic carbocycles. The first kappa shape index (κ1) is 20.7. The molecule has 2 aromatic heterocycles. The van der Waals surface area contributed by atoms with E-state index in [1.54, 1.807) is 11.3 Å². The van der Waals surface area contributed by atoms with E-state index in [-0.39, 0.29) is 12.0 Å². The number of nitrogens with one attached hydrogen (secondary N) is 1. The van der Waals surface area contributed by atoms with Crippen LogP contribution in [0.1, 0.15) is 24.3 Å². The van der Waals surface area contributed by atoms with Gasteiger partial charge in [0.05, 0.1) is 6.10 Å². The second kappa shape index (κ2) is 10.5. The lowest BCUT2D eigenvalue weighted by molar-refractivity contribution is -0.121. The van der Waals surface area contributed by atoms with Gasteiger partial charge >= 0.3 is 0 Å². The van der Waals surface area contributed by atoms with Crippen LogP contribution in [0.4, 0.5) is 0 Å². The molecule has 3 heterocycles. The fourth-order valence-corrected chi connectivity index (χ4v) is 4.12. The summed E-state index contributed by atoms with van der Waals surface area (Å²) < 4.78 is 11.2. The van der Waals surface area contributed by atoms with Gasteiger partial charge in [0.15, 0.2) is 0 Å². The number of aryl methyl sites for hydroxylation is 1. The Bertz CT molecular complexity index is 914. The fourth-order valence-electron chi connectivity index (χ4n) is 3.48. The van der Waals surface area contributed by atoms with E-state index in [4.69, 9.17) is 9.26 Å². The molecule has 1 aliphatic rings. The highest BCUT2D eigenvalue weighted by molar-refractivity contribution is 7.08. The summed E-state index contributed by atoms with van der Waals surface area (Å²) in [7, 11) is 0. The third-order valence-corrected chi connectivity index (χ3v) is 5.71. The molecule has 1 unspecified atom stereocenters. The molecule has 1 fully saturated rings. The minimum atomic E-state index is -0.0345. The normalized spacial score (nSPS) is 17.5. The Balaban J connectivity index is 1.21. The highest BCUT2D eigenvalue weighted by Gasteiger charge is 2.20. The number of amides is 1. The maximum absolute atomic E-state index is 12.3. The topological polar surface area (TPSA) is 80.5 Å². The smallest absolute Gasteiger partial charge is 0.227 e. The van der Waals surface area contributed by atoms with Crippen LogP contribution in [0.5, 0.6) is 0 Å². The van der Waals surface area contributed by atoms with Crippen molar-refractivity contribution >= 4 is 17.2 Å². The van der Waals surface area contributed by atoms with Crippen LogP contribution in [0.25, 0.3) is 11.4 Å². The van der Waals surface area contributed by atoms with Gasteiger partial charge < -0.3 is 14.6 Å². The number of ether oxygens (including phenoxy) is 1. The Hall–Kier alpha value is -2.55. The summed E-state index contributed by atoms with van der Waals surface area (Å²) in [6.45, 7) is 3.94. The van der Waals surface area contributed by atoms with Crippen molar-refractivity contribution in [2.24, 2.45) is 0 Å². The third kappa shape index (κ3) is 5.98. The van der Waals surface area contributed by atoms with E-state index in [9.17, 15) is 4.79 Å². The van der Waals surface area contributed by atoms with Gasteiger partial charge in [0, 0.05) is 56.6 Å². The van der Waals surface area contributed by atoms with Gasteiger partial charge in [-0.1, -0.05) is 35.5 Å². The van der Waals surface area contributed by atoms with Crippen LogP contribution in [0.2, 0.25) is 0 Å². The first-order chi connectivity index (χ1) is 14.8. The fraction of sp³-hybridized carbons (Fsp3) is 0.409. The molecule has 3 aromatic rings. The highest BCUT2D eigenvalue weighted by Crippen LogP contribution is 2.19. The molecule has 8 heteroatoms. The lowest BCUT2D eigenvalue weighted by Crippen LogP contribution is -2.40. The van der Waals surface area contributed by atoms with Crippen molar-refractivity contribution in [1.29, 1.82) is 0 Å². The van der Waals surface area contributed by atoms with Crippen molar-refractivity contribution in [3.05, 3.63) is 58.6 Å². The molecule has 1 amide bonds. The summed E-state index contributed by atoms with van der Waals surface area (Å²) in [5.74, 6) is 1.01. The summed E-state index contributed by atoms with van der Waals surface area (Å²) in [5, 5.41) is 10.9. The summed E-state index contributed by atoms with van der Waals surface area (Å²) in [6.07, 6.45) is 1.73. The standard InChI is InChI=1S/C22H26N4O3S/c27-20(7-8-21-24-22(25-29-21)18-9-12-30-16-18)23-13-19-15-26(10-4-11-28-19)14-17-5-2-1-3-6-17/h1-3,5-6,9,12,16,19H,4,7-8,10-11,13-15H2,(H,23,27). The maximum Gasteiger partial charge on any atom is 0.227 e. The van der Waals surface area contributed by atoms with Crippen LogP contribution in [0.15, 0.2) is 51.7 Å². The molecule has 1 N–H and O–H groups in total. The first-order valence-corrected chi connectivity index (χ1v) is 11.2. The second-order valence-corrected chi connectivity index (χ2v) is 8.17. The molecular formula is C22H26N4O3S. The molecule has 7 nitrogen and oxygen atoms in total. The Morgan fingerprint density at radius 3 is 3.00 bits per heavy atom. The highest BCUT2D eigenvalue weighted by atomic mass is 32.1. The van der Waals surface area contributed by atoms with Crippen LogP contribution < -0.4 is 5.32 Å². The van der Waals surface area contributed by atoms with E-state index in [1.165, 1.54) is 5.56 Å². The van der Waals surface area contributed by atoms with Crippen molar-refractivity contribution in [2.45, 2.75) is 31.9 Å². The van der Waals surface area contributed by atoms with E-state index >= 15 is 0 Å². The van der Waals surface area contributed by atoms with Gasteiger partial charge in [-0.15, -0.1) is 0 Å². The molecule has 30 heavy (non-hydrogen) atoms. The molecule has 0 saturated carbocycles. The Labute approximate surface area is 180 Å². The summed E-state index contributed by atoms with van der Waals surface area (Å²) in [4.78, 5) is 19.0. The molecule has 4 rings (SSSR count). The molecule has 158 valence electrons. The predicted molar refractivity (Wildman–Crippen MR) is 115 cm³/mol. The van der Waals surface area contributed by atoms with E-state index < -0.39 is 0 Å². The van der Waals surface area contributed by atoms with Crippen molar-refractivity contribution in [1.82, 2.24) is 20.4 Å². The van der Waals surface area contributed by atoms with Gasteiger partial charge in [-0.25, -0.2) is 0 Å². The number of thiophene rings is 1. The Kier molecular flexibility index (Phi) is 7.23. The van der Waals surface area contributed by atoms with Gasteiger partial charge in [-0.2, -0.15) is 16.3 Å². The van der Waals surface area contributed by atoms with Crippen molar-refractivity contribution in [3.8, 4) is 11.4 Å². The van der Waals surface area contributed by atoms with Crippen LogP contribution >= 0.6 is 11.3 Å². The maximum atomic E-state index is 12.3. The SMILES string of the molecule is O=C(CCc1nc(-c2ccsc2)no1)NCC1CN(Cc2ccccc2)CCCO1. The monoisotopic (exact) mass is 426 g/mol. The predicted octanol–water partition coefficient (Wildman–Crippen LogP) is 3.14. The zero-order valence-corrected chi connectivity index (χ0v) is 17.6. The molecule has 1 aliphatic heterocycles. The minimum absolute atomic E-state index is 0.00578. The quantitative estimate of drug-likeness (QED) is 0.596. The van der Waals surface area contributed by atoms with Crippen LogP contribution in [0, 0.1) is 0 Å². The number of benzene rings is 1. The zero-order valence-electron chi connectivity index (χ0n) is 16.8. The Morgan fingerprint density at radius 2 is 2.17 bits per heavy atom. The first-order valence-electron chi connectivity index (χ1n) is 10.3. The molecular weight excluding hydrogens is 400 g/mol. The lowest BCUT2D eigenvalue weighted by atomic mass is 10.2. The lowest BCUT2D eigenvalue weighted by Gasteiger charge is -2.24. The van der Waals surface area contributed by atoms with Gasteiger partial charge in [0.2, 0.25) is 17.6 Å². The van der Waals surface area contributed by atoms with Crippen molar-refractivity contribution in [3.63, 3.8) is 0 Å². The van der Waals surface area contributed by atoms with Gasteiger partial charge in [0.25, 0.3) is 0 Å². The molecule has 1 saturated heterocycles. The van der Waals surface area contributed by atoms with E-state index in [0.29, 0.717) is 31.1 Å². The van der Waals surface area contributed by atoms with E-state index in [2.05, 4.69) is 44.6 Å². The molecule has 0 aliphatic carbocycles. The largest absolute Gasteiger partial charge is 0.375 e. The van der Waals surface area contributed by atoms with E-state index in [0.717, 1.165) is 38.2 Å². The Morgan fingerprint density at radius 1 is 1.27 bits per heavy atom.